The van der Waals surface area contributed by atoms with E-state index < -0.39 is 16.7 Å². The number of rotatable bonds is 8. The highest BCUT2D eigenvalue weighted by molar-refractivity contribution is 7.16. The third-order valence-electron chi connectivity index (χ3n) is 4.40. The molecule has 9 nitrogen and oxygen atoms in total. The molecule has 3 rings (SSSR count). The second-order valence-electron chi connectivity index (χ2n) is 7.00. The van der Waals surface area contributed by atoms with E-state index in [1.807, 2.05) is 43.3 Å². The van der Waals surface area contributed by atoms with Crippen LogP contribution in [0.3, 0.4) is 0 Å². The summed E-state index contributed by atoms with van der Waals surface area (Å²) in [4.78, 5) is 38.1. The van der Waals surface area contributed by atoms with Gasteiger partial charge in [-0.05, 0) is 42.0 Å². The van der Waals surface area contributed by atoms with Crippen LogP contribution in [0.15, 0.2) is 77.5 Å². The number of thiophene rings is 1. The number of nitrogens with zero attached hydrogens (tertiary/aromatic N) is 3. The minimum Gasteiger partial charge on any atom is -0.378 e. The summed E-state index contributed by atoms with van der Waals surface area (Å²) in [6, 6.07) is 18.8. The predicted octanol–water partition coefficient (Wildman–Crippen LogP) is 3.64. The van der Waals surface area contributed by atoms with Gasteiger partial charge >= 0.3 is 5.00 Å². The number of carbonyl (C=O) groups is 2. The molecule has 1 heterocycles. The maximum Gasteiger partial charge on any atom is 0.324 e. The first-order valence-electron chi connectivity index (χ1n) is 9.76. The average Bonchev–Trinajstić information content (AvgIpc) is 3.29. The molecule has 0 radical (unpaired) electrons. The van der Waals surface area contributed by atoms with Crippen molar-refractivity contribution in [2.24, 2.45) is 5.10 Å². The van der Waals surface area contributed by atoms with Crippen LogP contribution in [-0.4, -0.2) is 37.0 Å². The van der Waals surface area contributed by atoms with Crippen LogP contribution >= 0.6 is 11.3 Å². The predicted molar refractivity (Wildman–Crippen MR) is 129 cm³/mol. The van der Waals surface area contributed by atoms with Gasteiger partial charge in [0.25, 0.3) is 11.8 Å². The van der Waals surface area contributed by atoms with Crippen molar-refractivity contribution >= 4 is 46.1 Å². The zero-order valence-electron chi connectivity index (χ0n) is 17.9. The molecule has 0 saturated heterocycles. The van der Waals surface area contributed by atoms with E-state index in [0.29, 0.717) is 16.0 Å². The highest BCUT2D eigenvalue weighted by atomic mass is 32.1. The fraction of sp³-hybridized carbons (Fsp3) is 0.0870. The van der Waals surface area contributed by atoms with E-state index in [-0.39, 0.29) is 10.7 Å². The molecule has 0 spiro atoms. The van der Waals surface area contributed by atoms with E-state index in [4.69, 9.17) is 0 Å². The lowest BCUT2D eigenvalue weighted by atomic mass is 10.1. The molecule has 1 aromatic heterocycles. The Morgan fingerprint density at radius 1 is 1.03 bits per heavy atom. The number of benzene rings is 2. The average molecular weight is 464 g/mol. The van der Waals surface area contributed by atoms with Crippen molar-refractivity contribution in [2.45, 2.75) is 0 Å². The Morgan fingerprint density at radius 3 is 2.33 bits per heavy atom. The lowest BCUT2D eigenvalue weighted by molar-refractivity contribution is -0.380. The first-order chi connectivity index (χ1) is 15.8. The zero-order chi connectivity index (χ0) is 23.8. The molecule has 0 aliphatic heterocycles. The zero-order valence-corrected chi connectivity index (χ0v) is 18.7. The lowest BCUT2D eigenvalue weighted by Crippen LogP contribution is -2.32. The fourth-order valence-electron chi connectivity index (χ4n) is 2.70. The Labute approximate surface area is 194 Å². The van der Waals surface area contributed by atoms with Crippen LogP contribution in [0.1, 0.15) is 20.8 Å². The first kappa shape index (κ1) is 23.4. The third kappa shape index (κ3) is 6.58. The molecule has 2 aromatic carbocycles. The van der Waals surface area contributed by atoms with Gasteiger partial charge in [0.2, 0.25) is 0 Å². The van der Waals surface area contributed by atoms with Crippen LogP contribution in [0.5, 0.6) is 0 Å². The van der Waals surface area contributed by atoms with Gasteiger partial charge in [-0.15, -0.1) is 0 Å². The van der Waals surface area contributed by atoms with Gasteiger partial charge in [0.1, 0.15) is 5.70 Å². The van der Waals surface area contributed by atoms with Gasteiger partial charge in [0.05, 0.1) is 16.0 Å². The van der Waals surface area contributed by atoms with E-state index in [2.05, 4.69) is 15.8 Å². The van der Waals surface area contributed by atoms with Crippen LogP contribution < -0.4 is 15.6 Å². The maximum atomic E-state index is 12.8. The minimum absolute atomic E-state index is 0.00392. The summed E-state index contributed by atoms with van der Waals surface area (Å²) >= 11 is 0.927. The number of hydrazone groups is 1. The van der Waals surface area contributed by atoms with Gasteiger partial charge in [-0.25, -0.2) is 5.43 Å². The molecule has 0 atom stereocenters. The van der Waals surface area contributed by atoms with Crippen molar-refractivity contribution in [2.75, 3.05) is 19.0 Å². The molecule has 0 bridgehead atoms. The number of hydrogen-bond donors (Lipinski definition) is 2. The van der Waals surface area contributed by atoms with Crippen LogP contribution in [0.2, 0.25) is 0 Å². The number of anilines is 1. The third-order valence-corrected chi connectivity index (χ3v) is 5.37. The summed E-state index contributed by atoms with van der Waals surface area (Å²) in [7, 11) is 3.84. The molecule has 10 heteroatoms. The van der Waals surface area contributed by atoms with Crippen molar-refractivity contribution in [1.82, 2.24) is 10.7 Å². The summed E-state index contributed by atoms with van der Waals surface area (Å²) in [6.07, 6.45) is 2.85. The topological polar surface area (TPSA) is 117 Å². The molecule has 0 saturated carbocycles. The van der Waals surface area contributed by atoms with Crippen molar-refractivity contribution in [3.63, 3.8) is 0 Å². The summed E-state index contributed by atoms with van der Waals surface area (Å²) < 4.78 is 0. The molecule has 0 unspecified atom stereocenters. The molecule has 0 aliphatic rings. The quantitative estimate of drug-likeness (QED) is 0.229. The molecule has 2 N–H and O–H groups in total. The standard InChI is InChI=1S/C23H21N5O4S/c1-27(2)18-10-8-16(9-11-18)14-20(25-22(29)17-6-4-3-5-7-17)23(30)26-24-15-19-12-13-21(33-19)28(31)32/h3-15H,1-2H3,(H,25,29)(H,26,30)/b20-14+,24-15-. The van der Waals surface area contributed by atoms with Gasteiger partial charge < -0.3 is 10.2 Å². The molecule has 33 heavy (non-hydrogen) atoms. The molecule has 0 aliphatic carbocycles. The van der Waals surface area contributed by atoms with Crippen LogP contribution in [0.25, 0.3) is 6.08 Å². The van der Waals surface area contributed by atoms with E-state index in [1.54, 1.807) is 36.4 Å². The first-order valence-corrected chi connectivity index (χ1v) is 10.6. The fourth-order valence-corrected chi connectivity index (χ4v) is 3.40. The van der Waals surface area contributed by atoms with Crippen LogP contribution in [0.4, 0.5) is 10.7 Å². The van der Waals surface area contributed by atoms with Gasteiger partial charge in [-0.2, -0.15) is 5.10 Å². The number of hydrogen-bond acceptors (Lipinski definition) is 7. The number of amides is 2. The highest BCUT2D eigenvalue weighted by Gasteiger charge is 2.15. The number of nitro groups is 1. The minimum atomic E-state index is -0.640. The van der Waals surface area contributed by atoms with E-state index in [1.165, 1.54) is 18.3 Å². The van der Waals surface area contributed by atoms with Gasteiger partial charge in [-0.3, -0.25) is 19.7 Å². The number of carbonyl (C=O) groups excluding carboxylic acids is 2. The maximum absolute atomic E-state index is 12.8. The van der Waals surface area contributed by atoms with Crippen molar-refractivity contribution in [1.29, 1.82) is 0 Å². The normalized spacial score (nSPS) is 11.3. The van der Waals surface area contributed by atoms with Gasteiger partial charge in [0, 0.05) is 31.4 Å². The van der Waals surface area contributed by atoms with E-state index in [9.17, 15) is 19.7 Å². The van der Waals surface area contributed by atoms with Crippen LogP contribution in [0, 0.1) is 10.1 Å². The van der Waals surface area contributed by atoms with Crippen molar-refractivity contribution < 1.29 is 14.5 Å². The van der Waals surface area contributed by atoms with Gasteiger partial charge in [0.15, 0.2) is 0 Å². The highest BCUT2D eigenvalue weighted by Crippen LogP contribution is 2.22. The SMILES string of the molecule is CN(C)c1ccc(/C=C(/NC(=O)c2ccccc2)C(=O)N/N=C\c2ccc([N+](=O)[O-])s2)cc1. The largest absolute Gasteiger partial charge is 0.378 e. The summed E-state index contributed by atoms with van der Waals surface area (Å²) in [5, 5.41) is 17.2. The molecular weight excluding hydrogens is 442 g/mol. The summed E-state index contributed by atoms with van der Waals surface area (Å²) in [5.41, 5.74) is 4.44. The number of nitrogens with one attached hydrogen (secondary N) is 2. The second-order valence-corrected chi connectivity index (χ2v) is 8.09. The Balaban J connectivity index is 1.80. The Hall–Kier alpha value is -4.31. The van der Waals surface area contributed by atoms with E-state index in [0.717, 1.165) is 17.0 Å². The van der Waals surface area contributed by atoms with Crippen molar-refractivity contribution in [3.05, 3.63) is 98.5 Å². The van der Waals surface area contributed by atoms with Gasteiger partial charge in [-0.1, -0.05) is 41.7 Å². The molecule has 0 fully saturated rings. The summed E-state index contributed by atoms with van der Waals surface area (Å²) in [6.45, 7) is 0. The smallest absolute Gasteiger partial charge is 0.324 e. The molecule has 3 aromatic rings. The molecule has 2 amide bonds. The summed E-state index contributed by atoms with van der Waals surface area (Å²) in [5.74, 6) is -1.09. The Bertz CT molecular complexity index is 1200. The van der Waals surface area contributed by atoms with Crippen LogP contribution in [-0.2, 0) is 4.79 Å². The monoisotopic (exact) mass is 463 g/mol. The Kier molecular flexibility index (Phi) is 7.66. The van der Waals surface area contributed by atoms with Crippen molar-refractivity contribution in [3.8, 4) is 0 Å². The molecular formula is C23H21N5O4S. The second kappa shape index (κ2) is 10.8. The molecule has 168 valence electrons. The Morgan fingerprint density at radius 2 is 1.73 bits per heavy atom. The van der Waals surface area contributed by atoms with E-state index >= 15 is 0 Å². The lowest BCUT2D eigenvalue weighted by Gasteiger charge is -2.12.